The van der Waals surface area contributed by atoms with Crippen LogP contribution < -0.4 is 0 Å². The molecule has 0 aliphatic carbocycles. The fourth-order valence-corrected chi connectivity index (χ4v) is 0. The van der Waals surface area contributed by atoms with Crippen LogP contribution in [-0.2, 0) is 0 Å². The molecule has 0 N–H and O–H groups in total. The lowest BCUT2D eigenvalue weighted by Gasteiger charge is -1.79. The average molecular weight is 232 g/mol. The molecule has 0 bridgehead atoms. The third kappa shape index (κ3) is 99500. The van der Waals surface area contributed by atoms with Crippen LogP contribution in [0.5, 0.6) is 0 Å². The molecule has 0 spiro atoms. The fourth-order valence-electron chi connectivity index (χ4n) is 0. The van der Waals surface area contributed by atoms with Gasteiger partial charge in [0.15, 0.2) is 0 Å². The van der Waals surface area contributed by atoms with Gasteiger partial charge in [0.2, 0.25) is 0 Å². The smallest absolute Gasteiger partial charge is 0.0500 e. The lowest BCUT2D eigenvalue weighted by atomic mass is 10.3. The minimum atomic E-state index is 0. The first-order valence-electron chi connectivity index (χ1n) is 5.46. The molecule has 0 saturated carbocycles. The van der Waals surface area contributed by atoms with Crippen LogP contribution in [0.3, 0.4) is 0 Å². The lowest BCUT2D eigenvalue weighted by molar-refractivity contribution is 0.736. The van der Waals surface area contributed by atoms with Crippen LogP contribution >= 0.6 is 0 Å². The van der Waals surface area contributed by atoms with E-state index in [0.29, 0.717) is 0 Å². The Morgan fingerprint density at radius 1 is 0.467 bits per heavy atom. The zero-order valence-electron chi connectivity index (χ0n) is 12.0. The maximum absolute atomic E-state index is 2.17. The van der Waals surface area contributed by atoms with E-state index in [-0.39, 0.29) is 16.8 Å². The first-order valence-corrected chi connectivity index (χ1v) is 5.46. The molecule has 0 aromatic carbocycles. The van der Waals surface area contributed by atoms with Crippen molar-refractivity contribution in [2.75, 3.05) is 0 Å². The molecule has 0 aliphatic heterocycles. The molecule has 0 rings (SSSR count). The molecule has 0 aromatic rings. The molecule has 0 amide bonds. The van der Waals surface area contributed by atoms with Crippen LogP contribution in [-0.4, -0.2) is 0 Å². The van der Waals surface area contributed by atoms with Crippen molar-refractivity contribution in [2.45, 2.75) is 76.7 Å². The van der Waals surface area contributed by atoms with Gasteiger partial charge in [-0.3, -0.25) is 9.41 Å². The van der Waals surface area contributed by atoms with Gasteiger partial charge in [0.25, 0.3) is 0 Å². The fraction of sp³-hybridized carbons (Fsp3) is 1.00. The SMILES string of the molecule is C.CC.CC.CC(C)C.CC(C)C.F.F. The van der Waals surface area contributed by atoms with E-state index in [2.05, 4.69) is 41.5 Å². The summed E-state index contributed by atoms with van der Waals surface area (Å²) in [4.78, 5) is 0. The van der Waals surface area contributed by atoms with Gasteiger partial charge >= 0.3 is 0 Å². The molecule has 0 aromatic heterocycles. The predicted molar refractivity (Wildman–Crippen MR) is 75.5 cm³/mol. The Labute approximate surface area is 98.6 Å². The minimum absolute atomic E-state index is 0. The van der Waals surface area contributed by atoms with Gasteiger partial charge in [-0.15, -0.1) is 0 Å². The summed E-state index contributed by atoms with van der Waals surface area (Å²) in [6, 6.07) is 0. The number of halogens is 2. The first kappa shape index (κ1) is 46.2. The van der Waals surface area contributed by atoms with Gasteiger partial charge in [0.05, 0.1) is 0 Å². The second-order valence-corrected chi connectivity index (χ2v) is 3.46. The molecule has 0 fully saturated rings. The van der Waals surface area contributed by atoms with Crippen LogP contribution in [0.2, 0.25) is 0 Å². The standard InChI is InChI=1S/2C4H10.2C2H6.CH4.2FH/c2*1-4(2)3;2*1-2;;;/h2*4H,1-3H3;2*1-2H3;1H4;2*1H. The summed E-state index contributed by atoms with van der Waals surface area (Å²) >= 11 is 0. The minimum Gasteiger partial charge on any atom is -0.269 e. The molecule has 0 heterocycles. The highest BCUT2D eigenvalue weighted by Gasteiger charge is 1.68. The Morgan fingerprint density at radius 2 is 0.467 bits per heavy atom. The molecule has 0 nitrogen and oxygen atoms in total. The Hall–Kier alpha value is -0.140. The van der Waals surface area contributed by atoms with E-state index in [0.717, 1.165) is 11.8 Å². The maximum Gasteiger partial charge on any atom is -0.0500 e. The second-order valence-electron chi connectivity index (χ2n) is 3.46. The lowest BCUT2D eigenvalue weighted by Crippen LogP contribution is -1.66. The van der Waals surface area contributed by atoms with Gasteiger partial charge in [-0.2, -0.15) is 0 Å². The van der Waals surface area contributed by atoms with Crippen LogP contribution in [0.1, 0.15) is 76.7 Å². The Balaban J connectivity index is -0.0000000112. The third-order valence-corrected chi connectivity index (χ3v) is 0. The van der Waals surface area contributed by atoms with Crippen LogP contribution in [0.4, 0.5) is 9.41 Å². The van der Waals surface area contributed by atoms with Gasteiger partial charge in [0.1, 0.15) is 0 Å². The zero-order chi connectivity index (χ0) is 11.2. The van der Waals surface area contributed by atoms with Gasteiger partial charge in [-0.05, 0) is 11.8 Å². The molecular weight excluding hydrogens is 194 g/mol. The van der Waals surface area contributed by atoms with Crippen LogP contribution in [0, 0.1) is 11.8 Å². The summed E-state index contributed by atoms with van der Waals surface area (Å²) < 4.78 is 0. The van der Waals surface area contributed by atoms with Gasteiger partial charge in [-0.25, -0.2) is 0 Å². The Kier molecular flexibility index (Phi) is 206. The highest BCUT2D eigenvalue weighted by Crippen LogP contribution is 1.81. The summed E-state index contributed by atoms with van der Waals surface area (Å²) in [5.41, 5.74) is 0. The predicted octanol–water partition coefficient (Wildman–Crippen LogP) is 6.32. The zero-order valence-corrected chi connectivity index (χ0v) is 12.0. The topological polar surface area (TPSA) is 0 Å². The molecule has 2 heteroatoms. The summed E-state index contributed by atoms with van der Waals surface area (Å²) in [7, 11) is 0. The van der Waals surface area contributed by atoms with Crippen molar-refractivity contribution in [3.8, 4) is 0 Å². The third-order valence-electron chi connectivity index (χ3n) is 0. The normalized spacial score (nSPS) is 5.60. The molecule has 0 aliphatic rings. The average Bonchev–Trinajstić information content (AvgIpc) is 1.93. The van der Waals surface area contributed by atoms with Crippen LogP contribution in [0.15, 0.2) is 0 Å². The van der Waals surface area contributed by atoms with Crippen molar-refractivity contribution in [1.29, 1.82) is 0 Å². The van der Waals surface area contributed by atoms with Crippen molar-refractivity contribution in [2.24, 2.45) is 11.8 Å². The quantitative estimate of drug-likeness (QED) is 0.458. The van der Waals surface area contributed by atoms with Crippen molar-refractivity contribution in [3.63, 3.8) is 0 Å². The molecule has 15 heavy (non-hydrogen) atoms. The Morgan fingerprint density at radius 3 is 0.467 bits per heavy atom. The summed E-state index contributed by atoms with van der Waals surface area (Å²) in [5.74, 6) is 1.67. The summed E-state index contributed by atoms with van der Waals surface area (Å²) in [6.07, 6.45) is 0. The molecule has 0 radical (unpaired) electrons. The second kappa shape index (κ2) is 66.7. The van der Waals surface area contributed by atoms with Gasteiger partial charge in [0, 0.05) is 0 Å². The monoisotopic (exact) mass is 232 g/mol. The maximum atomic E-state index is 2.17. The van der Waals surface area contributed by atoms with Crippen molar-refractivity contribution in [3.05, 3.63) is 0 Å². The summed E-state index contributed by atoms with van der Waals surface area (Å²) in [5, 5.41) is 0. The molecule has 0 unspecified atom stereocenters. The van der Waals surface area contributed by atoms with Crippen molar-refractivity contribution < 1.29 is 9.41 Å². The van der Waals surface area contributed by atoms with E-state index in [9.17, 15) is 0 Å². The van der Waals surface area contributed by atoms with E-state index in [1.807, 2.05) is 27.7 Å². The number of rotatable bonds is 0. The highest BCUT2D eigenvalue weighted by atomic mass is 19.0. The largest absolute Gasteiger partial charge is 0.269 e. The summed E-state index contributed by atoms with van der Waals surface area (Å²) in [6.45, 7) is 21.0. The molecule has 0 atom stereocenters. The molecular formula is C13H38F2. The first-order chi connectivity index (χ1) is 5.46. The Bertz CT molecular complexity index is 24.0. The highest BCUT2D eigenvalue weighted by molar-refractivity contribution is 4.21. The van der Waals surface area contributed by atoms with E-state index >= 15 is 0 Å². The van der Waals surface area contributed by atoms with Crippen LogP contribution in [0.25, 0.3) is 0 Å². The van der Waals surface area contributed by atoms with E-state index in [1.54, 1.807) is 0 Å². The van der Waals surface area contributed by atoms with Crippen molar-refractivity contribution >= 4 is 0 Å². The molecule has 104 valence electrons. The van der Waals surface area contributed by atoms with Crippen molar-refractivity contribution in [1.82, 2.24) is 0 Å². The van der Waals surface area contributed by atoms with E-state index in [1.165, 1.54) is 0 Å². The van der Waals surface area contributed by atoms with Gasteiger partial charge in [-0.1, -0.05) is 76.7 Å². The van der Waals surface area contributed by atoms with Gasteiger partial charge < -0.3 is 0 Å². The number of hydrogen-bond donors (Lipinski definition) is 0. The van der Waals surface area contributed by atoms with E-state index < -0.39 is 0 Å². The molecule has 0 saturated heterocycles. The number of hydrogen-bond acceptors (Lipinski definition) is 0. The van der Waals surface area contributed by atoms with E-state index in [4.69, 9.17) is 0 Å².